The first kappa shape index (κ1) is 76.8. The summed E-state index contributed by atoms with van der Waals surface area (Å²) in [5.41, 5.74) is 35.4. The number of nitrogens with zero attached hydrogens (tertiary/aromatic N) is 2. The van der Waals surface area contributed by atoms with Gasteiger partial charge in [-0.2, -0.15) is 0 Å². The Bertz CT molecular complexity index is 3040. The maximum absolute atomic E-state index is 14.4. The monoisotopic (exact) mass is 1310 g/mol. The zero-order valence-electron chi connectivity index (χ0n) is 51.5. The fourth-order valence-electron chi connectivity index (χ4n) is 8.88. The second-order valence-electron chi connectivity index (χ2n) is 21.6. The van der Waals surface area contributed by atoms with E-state index in [1.54, 1.807) is 56.3 Å². The molecule has 0 aromatic heterocycles. The number of carbonyl (C=O) groups excluding carboxylic acids is 9. The predicted octanol–water partition coefficient (Wildman–Crippen LogP) is -3.77. The minimum Gasteiger partial charge on any atom is -0.508 e. The van der Waals surface area contributed by atoms with Crippen LogP contribution in [0.25, 0.3) is 0 Å². The second kappa shape index (κ2) is 39.6. The number of amides is 9. The van der Waals surface area contributed by atoms with Gasteiger partial charge in [-0.1, -0.05) is 74.9 Å². The topological polar surface area (TPSA) is 567 Å². The lowest BCUT2D eigenvalue weighted by Crippen LogP contribution is -2.59. The number of hydrogen-bond donors (Lipinski definition) is 19. The number of hydrogen-bond acceptors (Lipinski definition) is 17. The minimum absolute atomic E-state index is 0.00618. The first-order valence-electron chi connectivity index (χ1n) is 29.6. The van der Waals surface area contributed by atoms with Crippen LogP contribution < -0.4 is 86.8 Å². The van der Waals surface area contributed by atoms with Crippen molar-refractivity contribution in [1.29, 1.82) is 0 Å². The van der Waals surface area contributed by atoms with Crippen LogP contribution in [0.2, 0.25) is 0 Å². The molecule has 9 atom stereocenters. The van der Waals surface area contributed by atoms with Crippen molar-refractivity contribution in [1.82, 2.24) is 47.9 Å². The lowest BCUT2D eigenvalue weighted by Gasteiger charge is -2.27. The number of nitrogens with two attached hydrogens (primary N) is 6. The standard InChI is InChI=1S/C58H88N17O16P/c1-4-33(2)48(75-50(81)40(60)28-36-17-21-38(76)22-18-36)56(87)74-44(30-37-19-23-39(24-20-37)91-92(88,89)90)52(83)67-31-46(77)69-34(3)49(80)73-45(29-35-12-6-5-7-13-35)55(86)72-42(14-8-9-25-59)53(84)71-43(16-11-27-66-58(63)64)54(85)70-41(15-10-26-65-57(61)62)51(82)68-32-47(78)79/h5-7,12-13,17-24,33-34,40-45,48,76H,4,8-11,14-16,25-32,59-60H2,1-3H3,(H,67,83)(H,68,82)(H,69,77)(H,70,85)(H,71,84)(H,72,86)(H,73,80)(H,74,87)(H,75,81)(H,78,79)(H4,61,62,65)(H4,63,64,66)(H2,88,89,90)/t33-,34-,40-,41-,42-,43-,44-,45-,48-/m0/s1. The van der Waals surface area contributed by atoms with E-state index in [0.29, 0.717) is 36.0 Å². The summed E-state index contributed by atoms with van der Waals surface area (Å²) in [5.74, 6) is -10.2. The molecule has 3 aromatic rings. The van der Waals surface area contributed by atoms with Crippen LogP contribution >= 0.6 is 7.82 Å². The van der Waals surface area contributed by atoms with E-state index in [1.165, 1.54) is 43.3 Å². The van der Waals surface area contributed by atoms with Gasteiger partial charge in [0.2, 0.25) is 53.2 Å². The molecule has 3 rings (SSSR count). The van der Waals surface area contributed by atoms with Crippen LogP contribution in [0.3, 0.4) is 0 Å². The molecule has 506 valence electrons. The van der Waals surface area contributed by atoms with Gasteiger partial charge in [-0.25, -0.2) is 4.57 Å². The summed E-state index contributed by atoms with van der Waals surface area (Å²) in [6.07, 6.45) is 0.792. The Kier molecular flexibility index (Phi) is 33.1. The molecule has 0 unspecified atom stereocenters. The van der Waals surface area contributed by atoms with Gasteiger partial charge in [0.25, 0.3) is 0 Å². The number of phenols is 1. The summed E-state index contributed by atoms with van der Waals surface area (Å²) >= 11 is 0. The van der Waals surface area contributed by atoms with Gasteiger partial charge >= 0.3 is 13.8 Å². The maximum Gasteiger partial charge on any atom is 0.524 e. The van der Waals surface area contributed by atoms with Crippen molar-refractivity contribution in [3.8, 4) is 11.5 Å². The highest BCUT2D eigenvalue weighted by Crippen LogP contribution is 2.37. The van der Waals surface area contributed by atoms with Crippen molar-refractivity contribution in [3.05, 3.63) is 95.6 Å². The van der Waals surface area contributed by atoms with Crippen LogP contribution in [-0.4, -0.2) is 172 Å². The number of phenolic OH excluding ortho intramolecular Hbond substituents is 1. The van der Waals surface area contributed by atoms with Gasteiger partial charge in [-0.15, -0.1) is 0 Å². The molecule has 33 nitrogen and oxygen atoms in total. The molecule has 0 radical (unpaired) electrons. The van der Waals surface area contributed by atoms with Crippen molar-refractivity contribution in [3.63, 3.8) is 0 Å². The van der Waals surface area contributed by atoms with Crippen molar-refractivity contribution in [2.75, 3.05) is 32.7 Å². The first-order valence-corrected chi connectivity index (χ1v) is 31.1. The second-order valence-corrected chi connectivity index (χ2v) is 22.7. The molecule has 0 aliphatic carbocycles. The van der Waals surface area contributed by atoms with Crippen LogP contribution in [0.1, 0.15) is 88.8 Å². The fraction of sp³-hybridized carbons (Fsp3) is 0.483. The number of aromatic hydroxyl groups is 1. The molecule has 34 heteroatoms. The average molecular weight is 1310 g/mol. The third-order valence-corrected chi connectivity index (χ3v) is 14.5. The molecule has 0 saturated carbocycles. The molecular formula is C58H88N17O16P. The number of benzene rings is 3. The molecule has 9 amide bonds. The number of phosphoric acid groups is 1. The summed E-state index contributed by atoms with van der Waals surface area (Å²) in [6.45, 7) is 3.48. The zero-order chi connectivity index (χ0) is 68.5. The Morgan fingerprint density at radius 2 is 0.978 bits per heavy atom. The molecule has 0 aliphatic heterocycles. The Morgan fingerprint density at radius 3 is 1.49 bits per heavy atom. The fourth-order valence-corrected chi connectivity index (χ4v) is 9.28. The van der Waals surface area contributed by atoms with E-state index in [-0.39, 0.29) is 94.4 Å². The smallest absolute Gasteiger partial charge is 0.508 e. The van der Waals surface area contributed by atoms with Crippen LogP contribution in [0, 0.1) is 5.92 Å². The molecule has 0 fully saturated rings. The lowest BCUT2D eigenvalue weighted by atomic mass is 9.96. The van der Waals surface area contributed by atoms with Gasteiger partial charge in [0.15, 0.2) is 11.9 Å². The normalized spacial score (nSPS) is 14.0. The van der Waals surface area contributed by atoms with Crippen molar-refractivity contribution in [2.24, 2.45) is 50.3 Å². The number of guanidine groups is 2. The third-order valence-electron chi connectivity index (χ3n) is 14.0. The summed E-state index contributed by atoms with van der Waals surface area (Å²) in [6, 6.07) is 8.91. The van der Waals surface area contributed by atoms with E-state index in [2.05, 4.69) is 62.4 Å². The van der Waals surface area contributed by atoms with Gasteiger partial charge in [-0.3, -0.25) is 67.7 Å². The van der Waals surface area contributed by atoms with Crippen molar-refractivity contribution >= 4 is 78.9 Å². The highest BCUT2D eigenvalue weighted by atomic mass is 31.2. The van der Waals surface area contributed by atoms with Crippen molar-refractivity contribution < 1.29 is 77.0 Å². The molecule has 0 saturated heterocycles. The molecule has 0 heterocycles. The molecule has 3 aromatic carbocycles. The third kappa shape index (κ3) is 29.9. The minimum atomic E-state index is -4.94. The summed E-state index contributed by atoms with van der Waals surface area (Å²) < 4.78 is 16.1. The molecule has 25 N–H and O–H groups in total. The summed E-state index contributed by atoms with van der Waals surface area (Å²) in [7, 11) is -4.94. The summed E-state index contributed by atoms with van der Waals surface area (Å²) in [4.78, 5) is 163. The van der Waals surface area contributed by atoms with Crippen LogP contribution in [0.5, 0.6) is 11.5 Å². The van der Waals surface area contributed by atoms with Crippen LogP contribution in [-0.2, 0) is 71.8 Å². The lowest BCUT2D eigenvalue weighted by molar-refractivity contribution is -0.138. The largest absolute Gasteiger partial charge is 0.524 e. The van der Waals surface area contributed by atoms with E-state index >= 15 is 0 Å². The Balaban J connectivity index is 1.86. The molecule has 92 heavy (non-hydrogen) atoms. The zero-order valence-corrected chi connectivity index (χ0v) is 52.4. The van der Waals surface area contributed by atoms with E-state index < -0.39 is 134 Å². The van der Waals surface area contributed by atoms with Crippen LogP contribution in [0.4, 0.5) is 0 Å². The quantitative estimate of drug-likeness (QED) is 0.0112. The number of aliphatic imine (C=N–C) groups is 2. The van der Waals surface area contributed by atoms with Gasteiger partial charge < -0.3 is 97.0 Å². The maximum atomic E-state index is 14.4. The summed E-state index contributed by atoms with van der Waals surface area (Å²) in [5, 5.41) is 41.8. The van der Waals surface area contributed by atoms with E-state index in [4.69, 9.17) is 34.4 Å². The number of aliphatic carboxylic acids is 1. The molecule has 0 spiro atoms. The molecule has 0 aliphatic rings. The van der Waals surface area contributed by atoms with E-state index in [9.17, 15) is 72.5 Å². The Hall–Kier alpha value is -9.43. The molecular weight excluding hydrogens is 1220 g/mol. The van der Waals surface area contributed by atoms with E-state index in [0.717, 1.165) is 0 Å². The van der Waals surface area contributed by atoms with Crippen LogP contribution in [0.15, 0.2) is 88.8 Å². The highest BCUT2D eigenvalue weighted by Gasteiger charge is 2.35. The van der Waals surface area contributed by atoms with Gasteiger partial charge in [-0.05, 0) is 112 Å². The van der Waals surface area contributed by atoms with Crippen molar-refractivity contribution in [2.45, 2.75) is 140 Å². The SMILES string of the molecule is CC[C@H](C)[C@H](NC(=O)[C@@H](N)Cc1ccc(O)cc1)C(=O)N[C@@H](Cc1ccc(OP(=O)(O)O)cc1)C(=O)NCC(=O)N[C@@H](C)C(=O)N[C@@H](Cc1ccccc1)C(=O)N[C@@H](CCCCN)C(=O)N[C@@H](CCCN=C(N)N)C(=O)N[C@@H](CCCN=C(N)N)C(=O)NCC(=O)O. The number of carbonyl (C=O) groups is 10. The van der Waals surface area contributed by atoms with Gasteiger partial charge in [0.05, 0.1) is 12.6 Å². The number of unbranched alkanes of at least 4 members (excludes halogenated alkanes) is 1. The van der Waals surface area contributed by atoms with E-state index in [1.807, 2.05) is 0 Å². The average Bonchev–Trinajstić information content (AvgIpc) is 1.10. The number of carboxylic acid groups (broad SMARTS) is 1. The molecule has 0 bridgehead atoms. The Labute approximate surface area is 531 Å². The number of rotatable bonds is 41. The predicted molar refractivity (Wildman–Crippen MR) is 338 cm³/mol. The number of phosphoric ester groups is 1. The number of nitrogens with one attached hydrogen (secondary N) is 9. The highest BCUT2D eigenvalue weighted by molar-refractivity contribution is 7.46. The first-order chi connectivity index (χ1) is 43.5. The Morgan fingerprint density at radius 1 is 0.533 bits per heavy atom. The van der Waals surface area contributed by atoms with Gasteiger partial charge in [0.1, 0.15) is 60.3 Å². The van der Waals surface area contributed by atoms with Gasteiger partial charge in [0, 0.05) is 25.9 Å². The number of carboxylic acids is 1.